The van der Waals surface area contributed by atoms with Crippen LogP contribution in [0.4, 0.5) is 17.1 Å². The maximum absolute atomic E-state index is 2.71. The fourth-order valence-electron chi connectivity index (χ4n) is 16.8. The Labute approximate surface area is 350 Å². The van der Waals surface area contributed by atoms with Crippen molar-refractivity contribution in [3.63, 3.8) is 0 Å². The molecule has 8 saturated carbocycles. The molecule has 10 aliphatic rings. The molecule has 0 heterocycles. The van der Waals surface area contributed by atoms with Gasteiger partial charge in [0.1, 0.15) is 0 Å². The first-order chi connectivity index (χ1) is 29.2. The summed E-state index contributed by atoms with van der Waals surface area (Å²) in [6, 6.07) is 55.2. The molecule has 0 amide bonds. The van der Waals surface area contributed by atoms with Gasteiger partial charge in [0.2, 0.25) is 0 Å². The zero-order valence-corrected chi connectivity index (χ0v) is 34.3. The lowest BCUT2D eigenvalue weighted by Gasteiger charge is -2.53. The van der Waals surface area contributed by atoms with Crippen LogP contribution in [0.2, 0.25) is 0 Å². The average molecular weight is 766 g/mol. The highest BCUT2D eigenvalue weighted by Crippen LogP contribution is 2.70. The van der Waals surface area contributed by atoms with Crippen LogP contribution in [0.3, 0.4) is 0 Å². The van der Waals surface area contributed by atoms with Crippen molar-refractivity contribution in [1.29, 1.82) is 0 Å². The summed E-state index contributed by atoms with van der Waals surface area (Å²) in [6.07, 6.45) is 17.1. The number of para-hydroxylation sites is 1. The van der Waals surface area contributed by atoms with E-state index in [2.05, 4.69) is 144 Å². The minimum atomic E-state index is 0.111. The van der Waals surface area contributed by atoms with Gasteiger partial charge in [-0.25, -0.2) is 0 Å². The smallest absolute Gasteiger partial charge is 0.0540 e. The molecule has 0 saturated heterocycles. The summed E-state index contributed by atoms with van der Waals surface area (Å²) in [4.78, 5) is 2.67. The largest absolute Gasteiger partial charge is 0.310 e. The second-order valence-electron chi connectivity index (χ2n) is 20.8. The van der Waals surface area contributed by atoms with Gasteiger partial charge in [0.05, 0.1) is 5.69 Å². The van der Waals surface area contributed by atoms with Crippen molar-refractivity contribution in [1.82, 2.24) is 0 Å². The molecular formula is C58H55N. The molecule has 6 aromatic rings. The van der Waals surface area contributed by atoms with E-state index in [4.69, 9.17) is 0 Å². The number of benzene rings is 6. The number of nitrogens with zero attached hydrogens (tertiary/aromatic N) is 1. The van der Waals surface area contributed by atoms with E-state index in [9.17, 15) is 0 Å². The van der Waals surface area contributed by atoms with Crippen LogP contribution in [0, 0.1) is 47.3 Å². The van der Waals surface area contributed by atoms with Gasteiger partial charge in [-0.05, 0) is 192 Å². The highest BCUT2D eigenvalue weighted by molar-refractivity contribution is 5.93. The van der Waals surface area contributed by atoms with Crippen LogP contribution in [0.15, 0.2) is 140 Å². The third kappa shape index (κ3) is 4.48. The lowest BCUT2D eigenvalue weighted by atomic mass is 9.51. The summed E-state index contributed by atoms with van der Waals surface area (Å²) in [7, 11) is 0. The van der Waals surface area contributed by atoms with Gasteiger partial charge in [-0.1, -0.05) is 122 Å². The summed E-state index contributed by atoms with van der Waals surface area (Å²) in [5, 5.41) is 0. The summed E-state index contributed by atoms with van der Waals surface area (Å²) in [6.45, 7) is 0. The molecule has 0 aliphatic heterocycles. The Morgan fingerprint density at radius 2 is 0.831 bits per heavy atom. The van der Waals surface area contributed by atoms with Gasteiger partial charge in [-0.3, -0.25) is 0 Å². The molecule has 10 unspecified atom stereocenters. The third-order valence-corrected chi connectivity index (χ3v) is 18.4. The predicted molar refractivity (Wildman–Crippen MR) is 242 cm³/mol. The van der Waals surface area contributed by atoms with Crippen molar-refractivity contribution in [2.75, 3.05) is 4.90 Å². The van der Waals surface area contributed by atoms with Gasteiger partial charge in [0, 0.05) is 27.8 Å². The second-order valence-corrected chi connectivity index (χ2v) is 20.8. The molecule has 0 radical (unpaired) electrons. The summed E-state index contributed by atoms with van der Waals surface area (Å²) in [5.74, 6) is 6.65. The molecule has 59 heavy (non-hydrogen) atoms. The van der Waals surface area contributed by atoms with Crippen molar-refractivity contribution in [3.05, 3.63) is 162 Å². The van der Waals surface area contributed by atoms with E-state index < -0.39 is 0 Å². The highest BCUT2D eigenvalue weighted by Gasteiger charge is 2.61. The molecular weight excluding hydrogens is 711 g/mol. The van der Waals surface area contributed by atoms with Gasteiger partial charge in [0.15, 0.2) is 0 Å². The summed E-state index contributed by atoms with van der Waals surface area (Å²) in [5.41, 5.74) is 19.2. The predicted octanol–water partition coefficient (Wildman–Crippen LogP) is 15.0. The normalized spacial score (nSPS) is 33.4. The fraction of sp³-hybridized carbons (Fsp3) is 0.379. The number of anilines is 3. The number of hydrogen-bond donors (Lipinski definition) is 0. The molecule has 10 atom stereocenters. The molecule has 292 valence electrons. The topological polar surface area (TPSA) is 3.24 Å². The van der Waals surface area contributed by atoms with E-state index in [-0.39, 0.29) is 10.8 Å². The van der Waals surface area contributed by atoms with Crippen LogP contribution in [0.5, 0.6) is 0 Å². The van der Waals surface area contributed by atoms with E-state index in [0.29, 0.717) is 0 Å². The van der Waals surface area contributed by atoms with E-state index in [1.807, 2.05) is 0 Å². The van der Waals surface area contributed by atoms with E-state index in [1.54, 1.807) is 22.3 Å². The molecule has 0 N–H and O–H groups in total. The SMILES string of the molecule is c1ccc(-c2ccccc2N(c2ccc3c(c2)-c2ccccc2C32C3CCC4CC(C3)CC2C4)c2ccc3c(c2)C2(c4ccccc4-3)C3CCC4CC(C3)CC2C4)cc1. The molecule has 10 aliphatic carbocycles. The van der Waals surface area contributed by atoms with E-state index >= 15 is 0 Å². The Morgan fingerprint density at radius 1 is 0.339 bits per heavy atom. The first kappa shape index (κ1) is 33.9. The molecule has 16 rings (SSSR count). The lowest BCUT2D eigenvalue weighted by Crippen LogP contribution is -2.48. The molecule has 1 heteroatoms. The maximum atomic E-state index is 2.71. The van der Waals surface area contributed by atoms with Crippen LogP contribution in [0.25, 0.3) is 33.4 Å². The van der Waals surface area contributed by atoms with Crippen LogP contribution in [0.1, 0.15) is 99.3 Å². The summed E-state index contributed by atoms with van der Waals surface area (Å²) >= 11 is 0. The standard InChI is InChI=1S/C58H55N/c1-2-10-40(11-3-1)47-12-6-9-17-56(47)59(45-23-25-54-51(34-45)49-14-5-8-16-53(49)57(54)41-20-18-36-26-38(30-41)32-43(57)28-36)46-22-24-50-48-13-4-7-15-52(48)58(55(50)35-46)42-21-19-37-27-39(31-42)33-44(58)29-37/h1-17,22-25,34-39,41-44H,18-21,26-33H2. The Morgan fingerprint density at radius 3 is 1.53 bits per heavy atom. The molecule has 2 spiro atoms. The van der Waals surface area contributed by atoms with Gasteiger partial charge in [-0.15, -0.1) is 0 Å². The van der Waals surface area contributed by atoms with Gasteiger partial charge in [-0.2, -0.15) is 0 Å². The van der Waals surface area contributed by atoms with Gasteiger partial charge < -0.3 is 4.90 Å². The zero-order chi connectivity index (χ0) is 38.5. The molecule has 0 aromatic heterocycles. The molecule has 1 nitrogen and oxygen atoms in total. The molecule has 6 aromatic carbocycles. The monoisotopic (exact) mass is 765 g/mol. The lowest BCUT2D eigenvalue weighted by molar-refractivity contribution is 0.0617. The van der Waals surface area contributed by atoms with Gasteiger partial charge in [0.25, 0.3) is 0 Å². The molecule has 8 fully saturated rings. The van der Waals surface area contributed by atoms with Crippen LogP contribution in [-0.2, 0) is 10.8 Å². The minimum Gasteiger partial charge on any atom is -0.310 e. The number of fused-ring (bicyclic) bond motifs is 8. The van der Waals surface area contributed by atoms with Crippen LogP contribution >= 0.6 is 0 Å². The fourth-order valence-corrected chi connectivity index (χ4v) is 16.8. The zero-order valence-electron chi connectivity index (χ0n) is 34.3. The number of hydrogen-bond acceptors (Lipinski definition) is 1. The van der Waals surface area contributed by atoms with Crippen molar-refractivity contribution in [2.24, 2.45) is 47.3 Å². The average Bonchev–Trinajstić information content (AvgIpc) is 3.49. The maximum Gasteiger partial charge on any atom is 0.0540 e. The Bertz CT molecular complexity index is 2650. The van der Waals surface area contributed by atoms with E-state index in [0.717, 1.165) is 47.3 Å². The second kappa shape index (κ2) is 12.3. The van der Waals surface area contributed by atoms with Crippen molar-refractivity contribution in [2.45, 2.75) is 87.9 Å². The van der Waals surface area contributed by atoms with Gasteiger partial charge >= 0.3 is 0 Å². The third-order valence-electron chi connectivity index (χ3n) is 18.4. The quantitative estimate of drug-likeness (QED) is 0.173. The Hall–Kier alpha value is -4.88. The Kier molecular flexibility index (Phi) is 7.09. The minimum absolute atomic E-state index is 0.111. The van der Waals surface area contributed by atoms with Crippen molar-refractivity contribution in [3.8, 4) is 33.4 Å². The molecule has 8 bridgehead atoms. The van der Waals surface area contributed by atoms with Crippen LogP contribution < -0.4 is 4.90 Å². The Balaban J connectivity index is 0.997. The highest BCUT2D eigenvalue weighted by atomic mass is 15.1. The number of rotatable bonds is 4. The first-order valence-corrected chi connectivity index (χ1v) is 23.6. The van der Waals surface area contributed by atoms with Crippen molar-refractivity contribution >= 4 is 17.1 Å². The first-order valence-electron chi connectivity index (χ1n) is 23.6. The summed E-state index contributed by atoms with van der Waals surface area (Å²) < 4.78 is 0. The van der Waals surface area contributed by atoms with Crippen molar-refractivity contribution < 1.29 is 0 Å². The van der Waals surface area contributed by atoms with Crippen LogP contribution in [-0.4, -0.2) is 0 Å². The van der Waals surface area contributed by atoms with E-state index in [1.165, 1.54) is 127 Å².